The number of hydrogen-bond acceptors (Lipinski definition) is 3. The molecule has 0 bridgehead atoms. The van der Waals surface area contributed by atoms with E-state index in [1.807, 2.05) is 6.92 Å². The fourth-order valence-corrected chi connectivity index (χ4v) is 2.65. The molecule has 0 amide bonds. The van der Waals surface area contributed by atoms with Gasteiger partial charge in [-0.25, -0.2) is 4.21 Å². The van der Waals surface area contributed by atoms with E-state index in [0.29, 0.717) is 5.92 Å². The average Bonchev–Trinajstić information content (AvgIpc) is 2.43. The van der Waals surface area contributed by atoms with Crippen molar-refractivity contribution in [1.82, 2.24) is 0 Å². The van der Waals surface area contributed by atoms with Gasteiger partial charge < -0.3 is 9.31 Å². The SMILES string of the molecule is CC(C)[C@H](CC(C)S(N)=O)B1OC(C)(C)C(C)(C)O1. The minimum absolute atomic E-state index is 0.0496. The van der Waals surface area contributed by atoms with Crippen molar-refractivity contribution in [2.75, 3.05) is 0 Å². The third-order valence-electron chi connectivity index (χ3n) is 4.48. The molecule has 4 nitrogen and oxygen atoms in total. The molecule has 1 aliphatic heterocycles. The second-order valence-corrected chi connectivity index (χ2v) is 8.37. The van der Waals surface area contributed by atoms with E-state index in [9.17, 15) is 4.21 Å². The summed E-state index contributed by atoms with van der Waals surface area (Å²) in [4.78, 5) is 0. The zero-order chi connectivity index (χ0) is 15.0. The number of nitrogens with two attached hydrogens (primary N) is 1. The van der Waals surface area contributed by atoms with E-state index in [1.54, 1.807) is 0 Å². The summed E-state index contributed by atoms with van der Waals surface area (Å²) < 4.78 is 23.6. The first-order chi connectivity index (χ1) is 8.48. The summed E-state index contributed by atoms with van der Waals surface area (Å²) in [6.07, 6.45) is 0.748. The maximum atomic E-state index is 11.4. The molecule has 112 valence electrons. The Bertz CT molecular complexity index is 331. The Morgan fingerprint density at radius 2 is 1.53 bits per heavy atom. The topological polar surface area (TPSA) is 61.6 Å². The van der Waals surface area contributed by atoms with E-state index < -0.39 is 11.0 Å². The fraction of sp³-hybridized carbons (Fsp3) is 1.00. The van der Waals surface area contributed by atoms with Crippen LogP contribution in [0.2, 0.25) is 5.82 Å². The molecule has 6 heteroatoms. The van der Waals surface area contributed by atoms with Gasteiger partial charge in [0.1, 0.15) is 0 Å². The quantitative estimate of drug-likeness (QED) is 0.791. The number of hydrogen-bond donors (Lipinski definition) is 1. The van der Waals surface area contributed by atoms with Crippen LogP contribution in [0.4, 0.5) is 0 Å². The third-order valence-corrected chi connectivity index (χ3v) is 5.46. The van der Waals surface area contributed by atoms with E-state index >= 15 is 0 Å². The van der Waals surface area contributed by atoms with Crippen LogP contribution in [0.15, 0.2) is 0 Å². The van der Waals surface area contributed by atoms with Crippen LogP contribution in [-0.2, 0) is 20.3 Å². The van der Waals surface area contributed by atoms with E-state index in [2.05, 4.69) is 41.5 Å². The molecule has 0 aromatic rings. The molecule has 2 unspecified atom stereocenters. The summed E-state index contributed by atoms with van der Waals surface area (Å²) in [7, 11) is -1.55. The van der Waals surface area contributed by atoms with Gasteiger partial charge in [0.15, 0.2) is 0 Å². The van der Waals surface area contributed by atoms with Crippen LogP contribution >= 0.6 is 0 Å². The van der Waals surface area contributed by atoms with E-state index in [4.69, 9.17) is 14.4 Å². The molecule has 1 fully saturated rings. The molecule has 0 saturated carbocycles. The molecule has 1 aliphatic rings. The normalized spacial score (nSPS) is 26.5. The highest BCUT2D eigenvalue weighted by atomic mass is 32.2. The maximum absolute atomic E-state index is 11.4. The van der Waals surface area contributed by atoms with Crippen molar-refractivity contribution >= 4 is 18.1 Å². The van der Waals surface area contributed by atoms with Crippen LogP contribution in [0.1, 0.15) is 54.9 Å². The summed E-state index contributed by atoms with van der Waals surface area (Å²) in [5.74, 6) is 0.587. The monoisotopic (exact) mass is 289 g/mol. The summed E-state index contributed by atoms with van der Waals surface area (Å²) in [6, 6.07) is 0. The van der Waals surface area contributed by atoms with Gasteiger partial charge >= 0.3 is 7.12 Å². The first-order valence-corrected chi connectivity index (χ1v) is 8.26. The Morgan fingerprint density at radius 3 is 1.84 bits per heavy atom. The van der Waals surface area contributed by atoms with E-state index in [-0.39, 0.29) is 29.4 Å². The molecule has 0 aromatic heterocycles. The molecule has 0 aromatic carbocycles. The van der Waals surface area contributed by atoms with Crippen LogP contribution in [0.25, 0.3) is 0 Å². The lowest BCUT2D eigenvalue weighted by atomic mass is 9.64. The van der Waals surface area contributed by atoms with Gasteiger partial charge in [0.25, 0.3) is 0 Å². The molecule has 0 spiro atoms. The summed E-state index contributed by atoms with van der Waals surface area (Å²) in [5.41, 5.74) is -0.647. The minimum atomic E-state index is -1.30. The summed E-state index contributed by atoms with van der Waals surface area (Å²) in [5, 5.41) is 5.43. The smallest absolute Gasteiger partial charge is 0.403 e. The lowest BCUT2D eigenvalue weighted by Gasteiger charge is -2.32. The van der Waals surface area contributed by atoms with E-state index in [1.165, 1.54) is 0 Å². The van der Waals surface area contributed by atoms with Crippen LogP contribution < -0.4 is 5.14 Å². The zero-order valence-corrected chi connectivity index (χ0v) is 14.0. The van der Waals surface area contributed by atoms with Crippen LogP contribution in [-0.4, -0.2) is 27.8 Å². The zero-order valence-electron chi connectivity index (χ0n) is 13.2. The van der Waals surface area contributed by atoms with Gasteiger partial charge in [-0.15, -0.1) is 0 Å². The third kappa shape index (κ3) is 3.81. The Kier molecular flexibility index (Phi) is 5.27. The fourth-order valence-electron chi connectivity index (χ4n) is 2.24. The Hall–Kier alpha value is 0.0949. The molecule has 0 radical (unpaired) electrons. The van der Waals surface area contributed by atoms with Crippen molar-refractivity contribution in [3.8, 4) is 0 Å². The predicted octanol–water partition coefficient (Wildman–Crippen LogP) is 2.51. The highest BCUT2D eigenvalue weighted by Crippen LogP contribution is 2.43. The highest BCUT2D eigenvalue weighted by molar-refractivity contribution is 7.83. The second-order valence-electron chi connectivity index (χ2n) is 6.91. The van der Waals surface area contributed by atoms with Crippen molar-refractivity contribution in [3.05, 3.63) is 0 Å². The Balaban J connectivity index is 2.83. The summed E-state index contributed by atoms with van der Waals surface area (Å²) >= 11 is 0. The van der Waals surface area contributed by atoms with Gasteiger partial charge in [-0.1, -0.05) is 13.8 Å². The van der Waals surface area contributed by atoms with Crippen LogP contribution in [0.3, 0.4) is 0 Å². The van der Waals surface area contributed by atoms with Gasteiger partial charge in [-0.2, -0.15) is 0 Å². The average molecular weight is 289 g/mol. The lowest BCUT2D eigenvalue weighted by Crippen LogP contribution is -2.41. The Morgan fingerprint density at radius 1 is 1.11 bits per heavy atom. The van der Waals surface area contributed by atoms with E-state index in [0.717, 1.165) is 6.42 Å². The maximum Gasteiger partial charge on any atom is 0.461 e. The number of rotatable bonds is 5. The summed E-state index contributed by atoms with van der Waals surface area (Å²) in [6.45, 7) is 14.4. The van der Waals surface area contributed by atoms with Gasteiger partial charge in [0.05, 0.1) is 22.2 Å². The molecule has 0 aliphatic carbocycles. The van der Waals surface area contributed by atoms with Gasteiger partial charge in [-0.3, -0.25) is 5.14 Å². The standard InChI is InChI=1S/C13H28BNO3S/c1-9(2)11(8-10(3)19(15)16)14-17-12(4,5)13(6,7)18-14/h9-11H,8,15H2,1-7H3/t10?,11-,19?/m0/s1. The molecular weight excluding hydrogens is 261 g/mol. The Labute approximate surface area is 120 Å². The molecular formula is C13H28BNO3S. The molecule has 1 heterocycles. The molecule has 2 N–H and O–H groups in total. The van der Waals surface area contributed by atoms with Crippen molar-refractivity contribution in [1.29, 1.82) is 0 Å². The van der Waals surface area contributed by atoms with Gasteiger partial charge in [0, 0.05) is 5.25 Å². The minimum Gasteiger partial charge on any atom is -0.403 e. The highest BCUT2D eigenvalue weighted by Gasteiger charge is 2.54. The van der Waals surface area contributed by atoms with Crippen molar-refractivity contribution < 1.29 is 13.5 Å². The largest absolute Gasteiger partial charge is 0.461 e. The van der Waals surface area contributed by atoms with Crippen LogP contribution in [0.5, 0.6) is 0 Å². The first-order valence-electron chi connectivity index (χ1n) is 6.98. The van der Waals surface area contributed by atoms with Crippen molar-refractivity contribution in [3.63, 3.8) is 0 Å². The first kappa shape index (κ1) is 17.1. The molecule has 1 rings (SSSR count). The van der Waals surface area contributed by atoms with Crippen LogP contribution in [0, 0.1) is 5.92 Å². The lowest BCUT2D eigenvalue weighted by molar-refractivity contribution is 0.00578. The predicted molar refractivity (Wildman–Crippen MR) is 81.1 cm³/mol. The van der Waals surface area contributed by atoms with Crippen molar-refractivity contribution in [2.24, 2.45) is 11.1 Å². The molecule has 1 saturated heterocycles. The van der Waals surface area contributed by atoms with Crippen molar-refractivity contribution in [2.45, 2.75) is 77.2 Å². The van der Waals surface area contributed by atoms with Gasteiger partial charge in [-0.05, 0) is 52.8 Å². The second kappa shape index (κ2) is 5.84. The van der Waals surface area contributed by atoms with Gasteiger partial charge in [0.2, 0.25) is 0 Å². The molecule has 19 heavy (non-hydrogen) atoms. The molecule has 3 atom stereocenters.